The van der Waals surface area contributed by atoms with Gasteiger partial charge in [-0.3, -0.25) is 4.72 Å². The lowest BCUT2D eigenvalue weighted by Crippen LogP contribution is -2.20. The van der Waals surface area contributed by atoms with Gasteiger partial charge in [-0.25, -0.2) is 8.42 Å². The minimum absolute atomic E-state index is 0.0168. The molecular formula is C15H7BrF9NO3S. The van der Waals surface area contributed by atoms with Crippen molar-refractivity contribution in [1.29, 1.82) is 0 Å². The fraction of sp³-hybridized carbons (Fsp3) is 0.200. The second kappa shape index (κ2) is 7.83. The number of anilines is 1. The molecule has 4 nitrogen and oxygen atoms in total. The zero-order valence-corrected chi connectivity index (χ0v) is 16.3. The van der Waals surface area contributed by atoms with E-state index in [2.05, 4.69) is 20.7 Å². The van der Waals surface area contributed by atoms with Crippen LogP contribution in [0.25, 0.3) is 0 Å². The van der Waals surface area contributed by atoms with Crippen molar-refractivity contribution in [2.75, 3.05) is 4.72 Å². The fourth-order valence-corrected chi connectivity index (χ4v) is 3.56. The molecule has 15 heteroatoms. The number of halogens is 10. The van der Waals surface area contributed by atoms with E-state index in [1.165, 1.54) is 4.72 Å². The summed E-state index contributed by atoms with van der Waals surface area (Å²) in [6.45, 7) is 0. The lowest BCUT2D eigenvalue weighted by molar-refractivity contribution is -0.274. The van der Waals surface area contributed by atoms with Gasteiger partial charge < -0.3 is 4.74 Å². The van der Waals surface area contributed by atoms with Crippen LogP contribution >= 0.6 is 15.9 Å². The third kappa shape index (κ3) is 6.17. The number of nitrogens with one attached hydrogen (secondary N) is 1. The second-order valence-corrected chi connectivity index (χ2v) is 8.13. The van der Waals surface area contributed by atoms with Crippen LogP contribution < -0.4 is 9.46 Å². The molecule has 0 aromatic heterocycles. The summed E-state index contributed by atoms with van der Waals surface area (Å²) < 4.78 is 145. The Labute approximate surface area is 170 Å². The van der Waals surface area contributed by atoms with Crippen LogP contribution in [0.1, 0.15) is 11.1 Å². The van der Waals surface area contributed by atoms with Crippen molar-refractivity contribution in [3.63, 3.8) is 0 Å². The molecule has 2 rings (SSSR count). The van der Waals surface area contributed by atoms with E-state index in [1.54, 1.807) is 0 Å². The molecule has 166 valence electrons. The molecule has 0 heterocycles. The third-order valence-electron chi connectivity index (χ3n) is 3.29. The van der Waals surface area contributed by atoms with E-state index in [1.807, 2.05) is 0 Å². The fourth-order valence-electron chi connectivity index (χ4n) is 2.07. The number of ether oxygens (including phenoxy) is 1. The molecule has 0 spiro atoms. The molecule has 0 amide bonds. The zero-order chi connectivity index (χ0) is 23.1. The average Bonchev–Trinajstić information content (AvgIpc) is 2.54. The number of hydrogen-bond donors (Lipinski definition) is 1. The number of benzene rings is 2. The van der Waals surface area contributed by atoms with E-state index in [0.29, 0.717) is 6.07 Å². The molecule has 0 fully saturated rings. The van der Waals surface area contributed by atoms with E-state index < -0.39 is 56.2 Å². The van der Waals surface area contributed by atoms with E-state index in [0.717, 1.165) is 12.1 Å². The van der Waals surface area contributed by atoms with Gasteiger partial charge in [-0.15, -0.1) is 13.2 Å². The molecule has 0 aliphatic rings. The van der Waals surface area contributed by atoms with Gasteiger partial charge in [-0.2, -0.15) is 26.3 Å². The second-order valence-electron chi connectivity index (χ2n) is 5.54. The first-order chi connectivity index (χ1) is 13.4. The van der Waals surface area contributed by atoms with Crippen molar-refractivity contribution in [3.05, 3.63) is 52.0 Å². The van der Waals surface area contributed by atoms with Crippen LogP contribution in [0.5, 0.6) is 5.75 Å². The SMILES string of the molecule is O=S(=O)(Nc1ccc(Br)cc1OC(F)(F)F)c1cc(C(F)(F)F)cc(C(F)(F)F)c1. The Morgan fingerprint density at radius 1 is 0.800 bits per heavy atom. The Balaban J connectivity index is 2.58. The normalized spacial score (nSPS) is 13.3. The standard InChI is InChI=1S/C15H7BrF9NO3S/c16-9-1-2-11(12(6-9)29-15(23,24)25)26-30(27,28)10-4-7(13(17,18)19)3-8(5-10)14(20,21)22/h1-6,26H. The number of rotatable bonds is 4. The van der Waals surface area contributed by atoms with E-state index in [4.69, 9.17) is 0 Å². The number of hydrogen-bond acceptors (Lipinski definition) is 3. The van der Waals surface area contributed by atoms with Gasteiger partial charge in [-0.05, 0) is 36.4 Å². The average molecular weight is 532 g/mol. The lowest BCUT2D eigenvalue weighted by atomic mass is 10.1. The summed E-state index contributed by atoms with van der Waals surface area (Å²) in [6.07, 6.45) is -15.9. The summed E-state index contributed by atoms with van der Waals surface area (Å²) in [5, 5.41) is 0. The lowest BCUT2D eigenvalue weighted by Gasteiger charge is -2.17. The van der Waals surface area contributed by atoms with Gasteiger partial charge in [0.15, 0.2) is 5.75 Å². The highest BCUT2D eigenvalue weighted by Crippen LogP contribution is 2.39. The monoisotopic (exact) mass is 531 g/mol. The molecule has 0 bridgehead atoms. The van der Waals surface area contributed by atoms with Crippen LogP contribution in [0.15, 0.2) is 45.8 Å². The summed E-state index contributed by atoms with van der Waals surface area (Å²) >= 11 is 2.82. The van der Waals surface area contributed by atoms with Crippen molar-refractivity contribution < 1.29 is 52.7 Å². The smallest absolute Gasteiger partial charge is 0.403 e. The van der Waals surface area contributed by atoms with Gasteiger partial charge in [0.1, 0.15) is 0 Å². The highest BCUT2D eigenvalue weighted by Gasteiger charge is 2.38. The Hall–Kier alpha value is -2.16. The topological polar surface area (TPSA) is 55.4 Å². The molecule has 1 N–H and O–H groups in total. The molecule has 0 atom stereocenters. The van der Waals surface area contributed by atoms with Crippen LogP contribution in [0, 0.1) is 0 Å². The first kappa shape index (κ1) is 24.1. The van der Waals surface area contributed by atoms with E-state index in [-0.39, 0.29) is 22.7 Å². The van der Waals surface area contributed by atoms with E-state index >= 15 is 0 Å². The van der Waals surface area contributed by atoms with Gasteiger partial charge in [-0.1, -0.05) is 15.9 Å². The first-order valence-electron chi connectivity index (χ1n) is 7.26. The minimum atomic E-state index is -5.33. The van der Waals surface area contributed by atoms with E-state index in [9.17, 15) is 47.9 Å². The maximum absolute atomic E-state index is 12.9. The molecule has 2 aromatic carbocycles. The zero-order valence-electron chi connectivity index (χ0n) is 13.9. The summed E-state index contributed by atoms with van der Waals surface area (Å²) in [7, 11) is -5.18. The van der Waals surface area contributed by atoms with Gasteiger partial charge in [0.25, 0.3) is 10.0 Å². The van der Waals surface area contributed by atoms with Gasteiger partial charge in [0.2, 0.25) is 0 Å². The van der Waals surface area contributed by atoms with Crippen LogP contribution in [-0.4, -0.2) is 14.8 Å². The van der Waals surface area contributed by atoms with Gasteiger partial charge in [0, 0.05) is 4.47 Å². The van der Waals surface area contributed by atoms with Crippen LogP contribution in [0.4, 0.5) is 45.2 Å². The summed E-state index contributed by atoms with van der Waals surface area (Å²) in [6, 6.07) is 2.06. The molecule has 0 unspecified atom stereocenters. The van der Waals surface area contributed by atoms with Crippen LogP contribution in [0.3, 0.4) is 0 Å². The summed E-state index contributed by atoms with van der Waals surface area (Å²) in [5.74, 6) is -1.09. The molecule has 0 aliphatic heterocycles. The maximum Gasteiger partial charge on any atom is 0.573 e. The molecule has 0 saturated heterocycles. The maximum atomic E-state index is 12.9. The Kier molecular flexibility index (Phi) is 6.29. The predicted octanol–water partition coefficient (Wildman–Crippen LogP) is 6.19. The first-order valence-corrected chi connectivity index (χ1v) is 9.54. The largest absolute Gasteiger partial charge is 0.573 e. The quantitative estimate of drug-likeness (QED) is 0.479. The minimum Gasteiger partial charge on any atom is -0.403 e. The van der Waals surface area contributed by atoms with Crippen molar-refractivity contribution in [1.82, 2.24) is 0 Å². The third-order valence-corrected chi connectivity index (χ3v) is 5.12. The van der Waals surface area contributed by atoms with Gasteiger partial charge in [0.05, 0.1) is 21.7 Å². The van der Waals surface area contributed by atoms with Crippen molar-refractivity contribution in [3.8, 4) is 5.75 Å². The predicted molar refractivity (Wildman–Crippen MR) is 88.1 cm³/mol. The molecule has 0 radical (unpaired) electrons. The molecular weight excluding hydrogens is 525 g/mol. The highest BCUT2D eigenvalue weighted by atomic mass is 79.9. The highest BCUT2D eigenvalue weighted by molar-refractivity contribution is 9.10. The summed E-state index contributed by atoms with van der Waals surface area (Å²) in [4.78, 5) is -1.47. The van der Waals surface area contributed by atoms with Gasteiger partial charge >= 0.3 is 18.7 Å². The van der Waals surface area contributed by atoms with Crippen LogP contribution in [0.2, 0.25) is 0 Å². The molecule has 30 heavy (non-hydrogen) atoms. The van der Waals surface area contributed by atoms with Crippen molar-refractivity contribution in [2.45, 2.75) is 23.6 Å². The van der Waals surface area contributed by atoms with Crippen LogP contribution in [-0.2, 0) is 22.4 Å². The van der Waals surface area contributed by atoms with Crippen molar-refractivity contribution >= 4 is 31.6 Å². The number of sulfonamides is 1. The Bertz CT molecular complexity index is 1010. The molecule has 0 aliphatic carbocycles. The van der Waals surface area contributed by atoms with Crippen molar-refractivity contribution in [2.24, 2.45) is 0 Å². The molecule has 2 aromatic rings. The molecule has 0 saturated carbocycles. The summed E-state index contributed by atoms with van der Waals surface area (Å²) in [5.41, 5.74) is -4.71. The number of alkyl halides is 9. The Morgan fingerprint density at radius 3 is 1.73 bits per heavy atom. The Morgan fingerprint density at radius 2 is 1.30 bits per heavy atom.